The molecule has 40 heavy (non-hydrogen) atoms. The lowest BCUT2D eigenvalue weighted by Crippen LogP contribution is -2.25. The molecule has 0 aliphatic carbocycles. The van der Waals surface area contributed by atoms with Gasteiger partial charge in [0.1, 0.15) is 24.7 Å². The lowest BCUT2D eigenvalue weighted by molar-refractivity contribution is 0.104. The molecule has 3 aromatic carbocycles. The van der Waals surface area contributed by atoms with Crippen LogP contribution in [0.1, 0.15) is 41.6 Å². The first-order valence-corrected chi connectivity index (χ1v) is 15.2. The Kier molecular flexibility index (Phi) is 8.32. The number of hydrogen-bond acceptors (Lipinski definition) is 7. The molecule has 4 aromatic rings. The van der Waals surface area contributed by atoms with E-state index in [1.54, 1.807) is 17.4 Å². The number of rotatable bonds is 11. The van der Waals surface area contributed by atoms with Crippen molar-refractivity contribution < 1.29 is 14.3 Å². The number of likely N-dealkylation sites (tertiary alicyclic amines) is 2. The van der Waals surface area contributed by atoms with Crippen molar-refractivity contribution in [3.8, 4) is 21.9 Å². The van der Waals surface area contributed by atoms with Crippen LogP contribution >= 0.6 is 11.3 Å². The first kappa shape index (κ1) is 26.8. The van der Waals surface area contributed by atoms with Gasteiger partial charge in [0.2, 0.25) is 0 Å². The summed E-state index contributed by atoms with van der Waals surface area (Å²) in [6, 6.07) is 21.6. The third kappa shape index (κ3) is 6.02. The van der Waals surface area contributed by atoms with Crippen molar-refractivity contribution in [1.29, 1.82) is 0 Å². The Balaban J connectivity index is 1.20. The number of ketones is 1. The van der Waals surface area contributed by atoms with Gasteiger partial charge >= 0.3 is 0 Å². The molecule has 2 fully saturated rings. The van der Waals surface area contributed by atoms with Gasteiger partial charge in [0.05, 0.1) is 5.69 Å². The van der Waals surface area contributed by atoms with E-state index in [-0.39, 0.29) is 5.78 Å². The normalized spacial score (nSPS) is 16.1. The molecule has 6 nitrogen and oxygen atoms in total. The van der Waals surface area contributed by atoms with E-state index < -0.39 is 0 Å². The number of anilines is 1. The van der Waals surface area contributed by atoms with Gasteiger partial charge < -0.3 is 15.2 Å². The maximum Gasteiger partial charge on any atom is 0.195 e. The molecule has 0 saturated carbocycles. The molecular formula is C33H37N3O3S. The topological polar surface area (TPSA) is 68.0 Å². The maximum absolute atomic E-state index is 14.0. The van der Waals surface area contributed by atoms with Gasteiger partial charge in [-0.2, -0.15) is 0 Å². The van der Waals surface area contributed by atoms with Gasteiger partial charge in [0.15, 0.2) is 5.78 Å². The third-order valence-corrected chi connectivity index (χ3v) is 9.17. The van der Waals surface area contributed by atoms with Crippen molar-refractivity contribution in [2.45, 2.75) is 25.7 Å². The number of ether oxygens (including phenoxy) is 2. The second-order valence-corrected chi connectivity index (χ2v) is 11.8. The number of nitrogens with two attached hydrogens (primary N) is 1. The molecule has 208 valence electrons. The maximum atomic E-state index is 14.0. The van der Waals surface area contributed by atoms with Crippen LogP contribution in [0.25, 0.3) is 20.5 Å². The molecule has 6 rings (SSSR count). The standard InChI is InChI=1S/C33H37N3O3S/c34-28-23-25(11-14-29(28)39-22-20-36-17-5-6-18-36)32(37)31-27-7-1-2-8-30(27)40-33(31)24-9-12-26(13-10-24)38-21-19-35-15-3-4-16-35/h1-2,7-14,23H,3-6,15-22,34H2. The van der Waals surface area contributed by atoms with Crippen molar-refractivity contribution in [3.63, 3.8) is 0 Å². The number of nitrogens with zero attached hydrogens (tertiary/aromatic N) is 2. The third-order valence-electron chi connectivity index (χ3n) is 7.95. The van der Waals surface area contributed by atoms with Crippen molar-refractivity contribution in [2.24, 2.45) is 0 Å². The van der Waals surface area contributed by atoms with E-state index in [9.17, 15) is 4.79 Å². The Morgan fingerprint density at radius 1 is 0.800 bits per heavy atom. The van der Waals surface area contributed by atoms with Crippen LogP contribution in [0.15, 0.2) is 66.7 Å². The first-order chi connectivity index (χ1) is 19.7. The predicted molar refractivity (Wildman–Crippen MR) is 164 cm³/mol. The van der Waals surface area contributed by atoms with Crippen LogP contribution < -0.4 is 15.2 Å². The Morgan fingerprint density at radius 3 is 2.12 bits per heavy atom. The fourth-order valence-corrected chi connectivity index (χ4v) is 6.94. The number of carbonyl (C=O) groups is 1. The summed E-state index contributed by atoms with van der Waals surface area (Å²) >= 11 is 1.64. The molecular weight excluding hydrogens is 518 g/mol. The highest BCUT2D eigenvalue weighted by Crippen LogP contribution is 2.40. The molecule has 2 aliphatic rings. The number of nitrogen functional groups attached to an aromatic ring is 1. The van der Waals surface area contributed by atoms with E-state index in [4.69, 9.17) is 15.2 Å². The lowest BCUT2D eigenvalue weighted by Gasteiger charge is -2.16. The van der Waals surface area contributed by atoms with E-state index >= 15 is 0 Å². The molecule has 1 aromatic heterocycles. The summed E-state index contributed by atoms with van der Waals surface area (Å²) in [5, 5.41) is 0.961. The summed E-state index contributed by atoms with van der Waals surface area (Å²) < 4.78 is 13.1. The van der Waals surface area contributed by atoms with E-state index in [2.05, 4.69) is 28.0 Å². The van der Waals surface area contributed by atoms with Gasteiger partial charge in [-0.05, 0) is 106 Å². The van der Waals surface area contributed by atoms with Crippen molar-refractivity contribution >= 4 is 32.9 Å². The molecule has 2 N–H and O–H groups in total. The van der Waals surface area contributed by atoms with Crippen LogP contribution in [0.3, 0.4) is 0 Å². The fourth-order valence-electron chi connectivity index (χ4n) is 5.73. The second-order valence-electron chi connectivity index (χ2n) is 10.7. The average molecular weight is 556 g/mol. The van der Waals surface area contributed by atoms with E-state index in [0.29, 0.717) is 35.8 Å². The van der Waals surface area contributed by atoms with Crippen molar-refractivity contribution in [3.05, 3.63) is 77.9 Å². The molecule has 2 saturated heterocycles. The molecule has 0 radical (unpaired) electrons. The van der Waals surface area contributed by atoms with Crippen LogP contribution in [0.2, 0.25) is 0 Å². The minimum atomic E-state index is -0.0336. The van der Waals surface area contributed by atoms with Crippen LogP contribution in [-0.4, -0.2) is 68.1 Å². The fraction of sp³-hybridized carbons (Fsp3) is 0.364. The zero-order valence-corrected chi connectivity index (χ0v) is 23.8. The molecule has 0 unspecified atom stereocenters. The van der Waals surface area contributed by atoms with Gasteiger partial charge in [-0.3, -0.25) is 14.6 Å². The van der Waals surface area contributed by atoms with Crippen LogP contribution in [0.5, 0.6) is 11.5 Å². The molecule has 0 atom stereocenters. The van der Waals surface area contributed by atoms with Gasteiger partial charge in [0.25, 0.3) is 0 Å². The quantitative estimate of drug-likeness (QED) is 0.172. The largest absolute Gasteiger partial charge is 0.492 e. The zero-order chi connectivity index (χ0) is 27.3. The molecule has 0 bridgehead atoms. The smallest absolute Gasteiger partial charge is 0.195 e. The molecule has 3 heterocycles. The number of carbonyl (C=O) groups excluding carboxylic acids is 1. The monoisotopic (exact) mass is 555 g/mol. The summed E-state index contributed by atoms with van der Waals surface area (Å²) in [5.74, 6) is 1.45. The molecule has 7 heteroatoms. The van der Waals surface area contributed by atoms with Crippen LogP contribution in [0.4, 0.5) is 5.69 Å². The second kappa shape index (κ2) is 12.4. The van der Waals surface area contributed by atoms with Crippen LogP contribution in [0, 0.1) is 0 Å². The van der Waals surface area contributed by atoms with Gasteiger partial charge in [-0.25, -0.2) is 0 Å². The molecule has 2 aliphatic heterocycles. The Labute approximate surface area is 240 Å². The highest BCUT2D eigenvalue weighted by atomic mass is 32.1. The van der Waals surface area contributed by atoms with E-state index in [1.807, 2.05) is 42.5 Å². The highest BCUT2D eigenvalue weighted by molar-refractivity contribution is 7.22. The summed E-state index contributed by atoms with van der Waals surface area (Å²) in [7, 11) is 0. The lowest BCUT2D eigenvalue weighted by atomic mass is 9.97. The van der Waals surface area contributed by atoms with Gasteiger partial charge in [-0.1, -0.05) is 18.2 Å². The number of benzene rings is 3. The molecule has 0 amide bonds. The number of fused-ring (bicyclic) bond motifs is 1. The Bertz CT molecular complexity index is 1450. The Morgan fingerprint density at radius 2 is 1.45 bits per heavy atom. The SMILES string of the molecule is Nc1cc(C(=O)c2c(-c3ccc(OCCN4CCCC4)cc3)sc3ccccc23)ccc1OCCN1CCCC1. The summed E-state index contributed by atoms with van der Waals surface area (Å²) in [4.78, 5) is 19.8. The van der Waals surface area contributed by atoms with Crippen molar-refractivity contribution in [2.75, 3.05) is 58.2 Å². The summed E-state index contributed by atoms with van der Waals surface area (Å²) in [6.07, 6.45) is 5.09. The first-order valence-electron chi connectivity index (χ1n) is 14.4. The summed E-state index contributed by atoms with van der Waals surface area (Å²) in [6.45, 7) is 7.75. The van der Waals surface area contributed by atoms with E-state index in [1.165, 1.54) is 38.8 Å². The predicted octanol–water partition coefficient (Wildman–Crippen LogP) is 6.33. The molecule has 0 spiro atoms. The van der Waals surface area contributed by atoms with Crippen molar-refractivity contribution in [1.82, 2.24) is 9.80 Å². The summed E-state index contributed by atoms with van der Waals surface area (Å²) in [5.41, 5.74) is 9.13. The highest BCUT2D eigenvalue weighted by Gasteiger charge is 2.22. The van der Waals surface area contributed by atoms with Crippen LogP contribution in [-0.2, 0) is 0 Å². The average Bonchev–Trinajstić information content (AvgIpc) is 3.76. The minimum absolute atomic E-state index is 0.0336. The minimum Gasteiger partial charge on any atom is -0.492 e. The number of hydrogen-bond donors (Lipinski definition) is 1. The van der Waals surface area contributed by atoms with Gasteiger partial charge in [0, 0.05) is 39.2 Å². The zero-order valence-electron chi connectivity index (χ0n) is 22.9. The van der Waals surface area contributed by atoms with E-state index in [0.717, 1.165) is 52.5 Å². The van der Waals surface area contributed by atoms with Gasteiger partial charge in [-0.15, -0.1) is 11.3 Å². The Hall–Kier alpha value is -3.39. The number of thiophene rings is 1.